The Kier molecular flexibility index (Phi) is 5.27. The van der Waals surface area contributed by atoms with Crippen molar-refractivity contribution >= 4 is 39.3 Å². The minimum Gasteiger partial charge on any atom is -0.478 e. The number of thioether (sulfide) groups is 1. The molecule has 0 heterocycles. The van der Waals surface area contributed by atoms with Gasteiger partial charge in [-0.2, -0.15) is 11.8 Å². The van der Waals surface area contributed by atoms with Gasteiger partial charge in [-0.05, 0) is 41.2 Å². The zero-order valence-electron chi connectivity index (χ0n) is 9.46. The third-order valence-corrected chi connectivity index (χ3v) is 3.74. The van der Waals surface area contributed by atoms with Crippen molar-refractivity contribution in [2.24, 2.45) is 0 Å². The Morgan fingerprint density at radius 2 is 2.29 bits per heavy atom. The van der Waals surface area contributed by atoms with Crippen molar-refractivity contribution < 1.29 is 14.3 Å². The number of rotatable bonds is 5. The van der Waals surface area contributed by atoms with E-state index in [1.165, 1.54) is 12.1 Å². The van der Waals surface area contributed by atoms with E-state index in [-0.39, 0.29) is 16.1 Å². The summed E-state index contributed by atoms with van der Waals surface area (Å²) >= 11 is 4.62. The molecule has 0 bridgehead atoms. The first-order valence-corrected chi connectivity index (χ1v) is 7.12. The minimum atomic E-state index is -1.15. The summed E-state index contributed by atoms with van der Waals surface area (Å²) in [5.41, 5.74) is 0.231. The van der Waals surface area contributed by atoms with Gasteiger partial charge in [0.2, 0.25) is 0 Å². The summed E-state index contributed by atoms with van der Waals surface area (Å²) in [6, 6.07) is 2.94. The lowest BCUT2D eigenvalue weighted by Crippen LogP contribution is -2.19. The number of benzene rings is 1. The second-order valence-corrected chi connectivity index (χ2v) is 5.30. The van der Waals surface area contributed by atoms with Crippen LogP contribution in [-0.4, -0.2) is 29.1 Å². The Morgan fingerprint density at radius 1 is 1.65 bits per heavy atom. The fraction of sp³-hybridized carbons (Fsp3) is 0.364. The quantitative estimate of drug-likeness (QED) is 0.872. The molecular weight excluding hydrogens is 309 g/mol. The van der Waals surface area contributed by atoms with Gasteiger partial charge in [0.1, 0.15) is 0 Å². The smallest absolute Gasteiger partial charge is 0.336 e. The average Bonchev–Trinajstić information content (AvgIpc) is 2.25. The van der Waals surface area contributed by atoms with E-state index >= 15 is 0 Å². The number of aromatic carboxylic acids is 1. The van der Waals surface area contributed by atoms with Gasteiger partial charge in [-0.25, -0.2) is 9.18 Å². The van der Waals surface area contributed by atoms with Crippen LogP contribution >= 0.6 is 27.7 Å². The number of carbonyl (C=O) groups is 1. The van der Waals surface area contributed by atoms with Crippen molar-refractivity contribution in [2.75, 3.05) is 17.3 Å². The lowest BCUT2D eigenvalue weighted by Gasteiger charge is -2.15. The standard InChI is InChI=1S/C11H13BrFNO2S/c1-6(5-17-2)14-8-4-3-7(11(15)16)9(12)10(8)13/h3-4,6,14H,5H2,1-2H3,(H,15,16). The molecule has 0 aliphatic heterocycles. The molecule has 0 aliphatic rings. The molecule has 1 aromatic rings. The van der Waals surface area contributed by atoms with Crippen LogP contribution in [0.4, 0.5) is 10.1 Å². The third-order valence-electron chi connectivity index (χ3n) is 2.13. The maximum atomic E-state index is 13.8. The van der Waals surface area contributed by atoms with Crippen LogP contribution in [0.3, 0.4) is 0 Å². The van der Waals surface area contributed by atoms with Crippen LogP contribution < -0.4 is 5.32 Å². The first kappa shape index (κ1) is 14.3. The van der Waals surface area contributed by atoms with Crippen LogP contribution in [0.2, 0.25) is 0 Å². The maximum absolute atomic E-state index is 13.8. The second kappa shape index (κ2) is 6.26. The zero-order valence-corrected chi connectivity index (χ0v) is 11.9. The predicted molar refractivity (Wildman–Crippen MR) is 72.5 cm³/mol. The van der Waals surface area contributed by atoms with E-state index in [9.17, 15) is 9.18 Å². The van der Waals surface area contributed by atoms with Crippen LogP contribution in [0.15, 0.2) is 16.6 Å². The summed E-state index contributed by atoms with van der Waals surface area (Å²) in [7, 11) is 0. The van der Waals surface area contributed by atoms with Crippen molar-refractivity contribution in [3.63, 3.8) is 0 Å². The molecule has 0 amide bonds. The Balaban J connectivity index is 2.96. The van der Waals surface area contributed by atoms with Crippen molar-refractivity contribution in [3.05, 3.63) is 28.0 Å². The zero-order chi connectivity index (χ0) is 13.0. The van der Waals surface area contributed by atoms with Gasteiger partial charge in [-0.3, -0.25) is 0 Å². The molecule has 1 atom stereocenters. The Hall–Kier alpha value is -0.750. The number of hydrogen-bond donors (Lipinski definition) is 2. The molecule has 0 radical (unpaired) electrons. The average molecular weight is 322 g/mol. The molecule has 0 aromatic heterocycles. The molecule has 0 spiro atoms. The van der Waals surface area contributed by atoms with Gasteiger partial charge in [-0.15, -0.1) is 0 Å². The molecule has 1 rings (SSSR count). The highest BCUT2D eigenvalue weighted by Gasteiger charge is 2.16. The van der Waals surface area contributed by atoms with Gasteiger partial charge in [0, 0.05) is 11.8 Å². The van der Waals surface area contributed by atoms with Gasteiger partial charge in [0.15, 0.2) is 5.82 Å². The van der Waals surface area contributed by atoms with Crippen molar-refractivity contribution in [2.45, 2.75) is 13.0 Å². The van der Waals surface area contributed by atoms with Gasteiger partial charge < -0.3 is 10.4 Å². The number of hydrogen-bond acceptors (Lipinski definition) is 3. The molecule has 3 nitrogen and oxygen atoms in total. The van der Waals surface area contributed by atoms with Crippen LogP contribution in [0.1, 0.15) is 17.3 Å². The van der Waals surface area contributed by atoms with Crippen LogP contribution in [0.25, 0.3) is 0 Å². The van der Waals surface area contributed by atoms with Crippen molar-refractivity contribution in [1.29, 1.82) is 0 Å². The minimum absolute atomic E-state index is 0.0219. The van der Waals surface area contributed by atoms with E-state index in [1.807, 2.05) is 13.2 Å². The molecule has 0 aliphatic carbocycles. The SMILES string of the molecule is CSCC(C)Nc1ccc(C(=O)O)c(Br)c1F. The maximum Gasteiger partial charge on any atom is 0.336 e. The van der Waals surface area contributed by atoms with E-state index in [2.05, 4.69) is 21.2 Å². The number of anilines is 1. The van der Waals surface area contributed by atoms with Gasteiger partial charge in [0.25, 0.3) is 0 Å². The summed E-state index contributed by atoms with van der Waals surface area (Å²) in [5, 5.41) is 11.8. The van der Waals surface area contributed by atoms with E-state index in [0.717, 1.165) is 5.75 Å². The van der Waals surface area contributed by atoms with E-state index in [1.54, 1.807) is 11.8 Å². The number of halogens is 2. The molecule has 0 saturated heterocycles. The molecule has 2 N–H and O–H groups in total. The van der Waals surface area contributed by atoms with Gasteiger partial charge in [0.05, 0.1) is 15.7 Å². The van der Waals surface area contributed by atoms with Crippen LogP contribution in [0.5, 0.6) is 0 Å². The second-order valence-electron chi connectivity index (χ2n) is 3.59. The molecular formula is C11H13BrFNO2S. The molecule has 0 fully saturated rings. The fourth-order valence-corrected chi connectivity index (χ4v) is 2.48. The lowest BCUT2D eigenvalue weighted by atomic mass is 10.2. The number of carboxylic acids is 1. The highest BCUT2D eigenvalue weighted by Crippen LogP contribution is 2.27. The van der Waals surface area contributed by atoms with Crippen molar-refractivity contribution in [1.82, 2.24) is 0 Å². The van der Waals surface area contributed by atoms with Gasteiger partial charge in [-0.1, -0.05) is 0 Å². The third kappa shape index (κ3) is 3.61. The summed E-state index contributed by atoms with van der Waals surface area (Å²) < 4.78 is 13.8. The Bertz CT molecular complexity index is 428. The van der Waals surface area contributed by atoms with E-state index in [0.29, 0.717) is 5.69 Å². The van der Waals surface area contributed by atoms with Crippen LogP contribution in [-0.2, 0) is 0 Å². The van der Waals surface area contributed by atoms with E-state index < -0.39 is 11.8 Å². The molecule has 94 valence electrons. The highest BCUT2D eigenvalue weighted by atomic mass is 79.9. The number of nitrogens with one attached hydrogen (secondary N) is 1. The molecule has 1 unspecified atom stereocenters. The molecule has 1 aromatic carbocycles. The summed E-state index contributed by atoms with van der Waals surface area (Å²) in [4.78, 5) is 10.8. The predicted octanol–water partition coefficient (Wildman–Crippen LogP) is 3.45. The summed E-state index contributed by atoms with van der Waals surface area (Å²) in [5.74, 6) is -0.880. The topological polar surface area (TPSA) is 49.3 Å². The van der Waals surface area contributed by atoms with E-state index in [4.69, 9.17) is 5.11 Å². The first-order chi connectivity index (χ1) is 7.97. The Morgan fingerprint density at radius 3 is 2.82 bits per heavy atom. The largest absolute Gasteiger partial charge is 0.478 e. The summed E-state index contributed by atoms with van der Waals surface area (Å²) in [6.45, 7) is 1.94. The highest BCUT2D eigenvalue weighted by molar-refractivity contribution is 9.10. The molecule has 17 heavy (non-hydrogen) atoms. The van der Waals surface area contributed by atoms with Gasteiger partial charge >= 0.3 is 5.97 Å². The van der Waals surface area contributed by atoms with Crippen molar-refractivity contribution in [3.8, 4) is 0 Å². The first-order valence-electron chi connectivity index (χ1n) is 4.94. The molecule has 6 heteroatoms. The monoisotopic (exact) mass is 321 g/mol. The lowest BCUT2D eigenvalue weighted by molar-refractivity contribution is 0.0695. The number of carboxylic acid groups (broad SMARTS) is 1. The Labute approximate surface area is 112 Å². The van der Waals surface area contributed by atoms with Crippen LogP contribution in [0, 0.1) is 5.82 Å². The summed E-state index contributed by atoms with van der Waals surface area (Å²) in [6.07, 6.45) is 1.97. The molecule has 0 saturated carbocycles. The normalized spacial score (nSPS) is 12.2. The fourth-order valence-electron chi connectivity index (χ4n) is 1.38.